The van der Waals surface area contributed by atoms with Crippen molar-refractivity contribution in [1.82, 2.24) is 9.62 Å². The number of rotatable bonds is 15. The molecule has 0 bridgehead atoms. The van der Waals surface area contributed by atoms with Gasteiger partial charge in [0.25, 0.3) is 0 Å². The summed E-state index contributed by atoms with van der Waals surface area (Å²) < 4.78 is 27.6. The number of ketones is 1. The molecule has 0 spiro atoms. The lowest BCUT2D eigenvalue weighted by molar-refractivity contribution is -0.142. The Morgan fingerprint density at radius 3 is 2.27 bits per heavy atom. The summed E-state index contributed by atoms with van der Waals surface area (Å²) in [6, 6.07) is 12.8. The van der Waals surface area contributed by atoms with Gasteiger partial charge in [0.2, 0.25) is 15.9 Å². The van der Waals surface area contributed by atoms with E-state index in [0.29, 0.717) is 43.4 Å². The highest BCUT2D eigenvalue weighted by atomic mass is 32.2. The molecule has 3 rings (SSSR count). The van der Waals surface area contributed by atoms with E-state index in [1.165, 1.54) is 16.4 Å². The third kappa shape index (κ3) is 9.09. The molecule has 2 aromatic carbocycles. The lowest BCUT2D eigenvalue weighted by Crippen LogP contribution is -2.55. The minimum absolute atomic E-state index is 0.0277. The first kappa shape index (κ1) is 31.2. The number of hydrogen-bond donors (Lipinski definition) is 3. The Labute approximate surface area is 236 Å². The number of aliphatic carboxylic acids is 1. The van der Waals surface area contributed by atoms with Crippen LogP contribution in [0.4, 0.5) is 0 Å². The van der Waals surface area contributed by atoms with Gasteiger partial charge in [0.15, 0.2) is 0 Å². The number of benzene rings is 2. The molecule has 1 fully saturated rings. The summed E-state index contributed by atoms with van der Waals surface area (Å²) >= 11 is 0. The Bertz CT molecular complexity index is 1280. The lowest BCUT2D eigenvalue weighted by Gasteiger charge is -2.34. The number of carbonyl (C=O) groups is 3. The molecule has 0 aromatic heterocycles. The van der Waals surface area contributed by atoms with Crippen molar-refractivity contribution in [2.45, 2.75) is 88.1 Å². The van der Waals surface area contributed by atoms with E-state index in [1.807, 2.05) is 0 Å². The summed E-state index contributed by atoms with van der Waals surface area (Å²) in [5.41, 5.74) is 2.18. The van der Waals surface area contributed by atoms with Crippen LogP contribution in [0.15, 0.2) is 59.5 Å². The predicted octanol–water partition coefficient (Wildman–Crippen LogP) is 4.14. The minimum atomic E-state index is -3.91. The van der Waals surface area contributed by atoms with Gasteiger partial charge in [-0.2, -0.15) is 4.31 Å². The average Bonchev–Trinajstić information content (AvgIpc) is 2.93. The smallest absolute Gasteiger partial charge is 0.326 e. The predicted molar refractivity (Wildman–Crippen MR) is 153 cm³/mol. The molecule has 2 aromatic rings. The van der Waals surface area contributed by atoms with E-state index in [-0.39, 0.29) is 23.6 Å². The van der Waals surface area contributed by atoms with E-state index in [2.05, 4.69) is 5.32 Å². The molecular formula is C30H39N3O6S. The van der Waals surface area contributed by atoms with Gasteiger partial charge in [-0.3, -0.25) is 9.59 Å². The second-order valence-electron chi connectivity index (χ2n) is 10.4. The standard InChI is InChI=1S/C30H39N3O6S/c1-22(31)10-4-2-5-11-25(34)20-23-15-17-24(18-16-23)21-27(30(36)37)32-29(35)28-14-8-9-19-33(28)40(38,39)26-12-6-3-7-13-26/h3,6-7,12-13,15-18,27-28,31H,2,4-5,8-11,14,19-21H2,1H3,(H,32,35)(H,36,37). The Morgan fingerprint density at radius 1 is 0.975 bits per heavy atom. The van der Waals surface area contributed by atoms with Crippen LogP contribution in [0, 0.1) is 5.41 Å². The van der Waals surface area contributed by atoms with Crippen LogP contribution in [-0.2, 0) is 37.2 Å². The first-order valence-corrected chi connectivity index (χ1v) is 15.3. The van der Waals surface area contributed by atoms with Crippen molar-refractivity contribution in [2.75, 3.05) is 6.54 Å². The molecule has 1 heterocycles. The highest BCUT2D eigenvalue weighted by molar-refractivity contribution is 7.89. The molecule has 40 heavy (non-hydrogen) atoms. The summed E-state index contributed by atoms with van der Waals surface area (Å²) in [6.45, 7) is 1.97. The summed E-state index contributed by atoms with van der Waals surface area (Å²) in [6.07, 6.45) is 5.82. The largest absolute Gasteiger partial charge is 0.480 e. The number of carbonyl (C=O) groups excluding carboxylic acids is 2. The lowest BCUT2D eigenvalue weighted by atomic mass is 9.99. The van der Waals surface area contributed by atoms with Gasteiger partial charge in [-0.25, -0.2) is 13.2 Å². The van der Waals surface area contributed by atoms with Crippen LogP contribution >= 0.6 is 0 Å². The number of unbranched alkanes of at least 4 members (excludes halogenated alkanes) is 2. The van der Waals surface area contributed by atoms with Crippen molar-refractivity contribution in [3.8, 4) is 0 Å². The molecule has 1 aliphatic heterocycles. The van der Waals surface area contributed by atoms with Gasteiger partial charge >= 0.3 is 5.97 Å². The SMILES string of the molecule is CC(=N)CCCCCC(=O)Cc1ccc(CC(NC(=O)C2CCCCN2S(=O)(=O)c2ccccc2)C(=O)O)cc1. The highest BCUT2D eigenvalue weighted by Crippen LogP contribution is 2.25. The third-order valence-electron chi connectivity index (χ3n) is 7.09. The summed E-state index contributed by atoms with van der Waals surface area (Å²) in [5, 5.41) is 19.8. The van der Waals surface area contributed by atoms with Crippen molar-refractivity contribution in [3.63, 3.8) is 0 Å². The zero-order valence-corrected chi connectivity index (χ0v) is 23.8. The highest BCUT2D eigenvalue weighted by Gasteiger charge is 2.38. The maximum Gasteiger partial charge on any atom is 0.326 e. The average molecular weight is 570 g/mol. The first-order valence-electron chi connectivity index (χ1n) is 13.8. The fourth-order valence-corrected chi connectivity index (χ4v) is 6.56. The molecule has 3 N–H and O–H groups in total. The van der Waals surface area contributed by atoms with E-state index in [9.17, 15) is 27.9 Å². The van der Waals surface area contributed by atoms with Gasteiger partial charge in [-0.05, 0) is 62.3 Å². The molecule has 0 saturated carbocycles. The van der Waals surface area contributed by atoms with Crippen molar-refractivity contribution in [1.29, 1.82) is 5.41 Å². The van der Waals surface area contributed by atoms with Gasteiger partial charge in [-0.1, -0.05) is 55.3 Å². The van der Waals surface area contributed by atoms with E-state index < -0.39 is 34.0 Å². The van der Waals surface area contributed by atoms with Crippen LogP contribution in [0.1, 0.15) is 69.4 Å². The van der Waals surface area contributed by atoms with Crippen LogP contribution < -0.4 is 5.32 Å². The van der Waals surface area contributed by atoms with Gasteiger partial charge in [0.1, 0.15) is 17.9 Å². The van der Waals surface area contributed by atoms with E-state index in [0.717, 1.165) is 31.2 Å². The van der Waals surface area contributed by atoms with E-state index in [4.69, 9.17) is 5.41 Å². The van der Waals surface area contributed by atoms with Gasteiger partial charge < -0.3 is 15.8 Å². The molecule has 2 unspecified atom stereocenters. The summed E-state index contributed by atoms with van der Waals surface area (Å²) in [4.78, 5) is 37.6. The molecule has 10 heteroatoms. The zero-order valence-electron chi connectivity index (χ0n) is 23.0. The number of hydrogen-bond acceptors (Lipinski definition) is 6. The van der Waals surface area contributed by atoms with E-state index in [1.54, 1.807) is 49.4 Å². The molecule has 1 aliphatic rings. The molecule has 1 saturated heterocycles. The number of nitrogens with one attached hydrogen (secondary N) is 2. The number of nitrogens with zero attached hydrogens (tertiary/aromatic N) is 1. The Balaban J connectivity index is 1.58. The summed E-state index contributed by atoms with van der Waals surface area (Å²) in [7, 11) is -3.91. The molecule has 0 radical (unpaired) electrons. The summed E-state index contributed by atoms with van der Waals surface area (Å²) in [5.74, 6) is -1.69. The number of piperidine rings is 1. The Morgan fingerprint density at radius 2 is 1.62 bits per heavy atom. The van der Waals surface area contributed by atoms with Crippen LogP contribution in [0.5, 0.6) is 0 Å². The first-order chi connectivity index (χ1) is 19.1. The Hall–Kier alpha value is -3.37. The maximum atomic E-state index is 13.2. The van der Waals surface area contributed by atoms with Crippen LogP contribution in [0.2, 0.25) is 0 Å². The van der Waals surface area contributed by atoms with E-state index >= 15 is 0 Å². The normalized spacial score (nSPS) is 16.7. The van der Waals surface area contributed by atoms with Crippen LogP contribution in [-0.4, -0.2) is 59.8 Å². The Kier molecular flexibility index (Phi) is 11.6. The van der Waals surface area contributed by atoms with Gasteiger partial charge in [0.05, 0.1) is 4.90 Å². The van der Waals surface area contributed by atoms with Crippen LogP contribution in [0.25, 0.3) is 0 Å². The topological polar surface area (TPSA) is 145 Å². The van der Waals surface area contributed by atoms with Crippen molar-refractivity contribution in [3.05, 3.63) is 65.7 Å². The fourth-order valence-electron chi connectivity index (χ4n) is 4.88. The van der Waals surface area contributed by atoms with Crippen molar-refractivity contribution >= 4 is 33.4 Å². The zero-order chi connectivity index (χ0) is 29.1. The number of sulfonamides is 1. The quantitative estimate of drug-likeness (QED) is 0.217. The van der Waals surface area contributed by atoms with Crippen molar-refractivity contribution < 1.29 is 27.9 Å². The molecule has 216 valence electrons. The number of carboxylic acid groups (broad SMARTS) is 1. The monoisotopic (exact) mass is 569 g/mol. The fraction of sp³-hybridized carbons (Fsp3) is 0.467. The minimum Gasteiger partial charge on any atom is -0.480 e. The maximum absolute atomic E-state index is 13.2. The number of Topliss-reactive ketones (excluding diaryl/α,β-unsaturated/α-hetero) is 1. The molecule has 2 atom stereocenters. The van der Waals surface area contributed by atoms with Crippen molar-refractivity contribution in [2.24, 2.45) is 0 Å². The molecule has 1 amide bonds. The molecular weight excluding hydrogens is 530 g/mol. The molecule has 0 aliphatic carbocycles. The second-order valence-corrected chi connectivity index (χ2v) is 12.3. The third-order valence-corrected chi connectivity index (χ3v) is 9.01. The second kappa shape index (κ2) is 14.9. The van der Waals surface area contributed by atoms with Gasteiger partial charge in [-0.15, -0.1) is 0 Å². The van der Waals surface area contributed by atoms with Crippen LogP contribution in [0.3, 0.4) is 0 Å². The van der Waals surface area contributed by atoms with Gasteiger partial charge in [0, 0.05) is 31.5 Å². The molecule has 9 nitrogen and oxygen atoms in total. The number of amides is 1. The number of carboxylic acids is 1.